The number of nitrogens with one attached hydrogen (secondary N) is 1. The van der Waals surface area contributed by atoms with Crippen molar-refractivity contribution < 1.29 is 14.7 Å². The van der Waals surface area contributed by atoms with E-state index in [1.165, 1.54) is 29.9 Å². The number of amides is 2. The number of urea groups is 1. The number of rotatable bonds is 5. The van der Waals surface area contributed by atoms with Crippen LogP contribution in [-0.2, 0) is 11.3 Å². The number of aliphatic carboxylic acids is 1. The van der Waals surface area contributed by atoms with Crippen LogP contribution in [-0.4, -0.2) is 44.4 Å². The first-order chi connectivity index (χ1) is 9.60. The van der Waals surface area contributed by atoms with Crippen molar-refractivity contribution in [1.82, 2.24) is 14.7 Å². The lowest BCUT2D eigenvalue weighted by atomic mass is 10.2. The molecule has 1 saturated carbocycles. The Balaban J connectivity index is 1.95. The van der Waals surface area contributed by atoms with Crippen LogP contribution in [0, 0.1) is 0 Å². The minimum absolute atomic E-state index is 0.144. The molecule has 1 heterocycles. The van der Waals surface area contributed by atoms with Crippen LogP contribution in [0.3, 0.4) is 0 Å². The number of anilines is 1. The van der Waals surface area contributed by atoms with Crippen molar-refractivity contribution in [2.75, 3.05) is 11.9 Å². The zero-order valence-electron chi connectivity index (χ0n) is 11.6. The number of carbonyl (C=O) groups excluding carboxylic acids is 1. The number of aromatic nitrogens is 2. The maximum atomic E-state index is 12.2. The molecule has 2 N–H and O–H groups in total. The lowest BCUT2D eigenvalue weighted by molar-refractivity contribution is -0.137. The minimum atomic E-state index is -0.966. The fourth-order valence-corrected chi connectivity index (χ4v) is 2.63. The molecular weight excluding hydrogens is 260 g/mol. The van der Waals surface area contributed by atoms with E-state index in [0.29, 0.717) is 18.3 Å². The molecule has 0 unspecified atom stereocenters. The van der Waals surface area contributed by atoms with E-state index >= 15 is 0 Å². The summed E-state index contributed by atoms with van der Waals surface area (Å²) in [4.78, 5) is 24.6. The quantitative estimate of drug-likeness (QED) is 0.860. The normalized spacial score (nSPS) is 15.2. The van der Waals surface area contributed by atoms with Crippen molar-refractivity contribution in [3.05, 3.63) is 12.4 Å². The molecular formula is C13H20N4O3. The average molecular weight is 280 g/mol. The van der Waals surface area contributed by atoms with E-state index in [9.17, 15) is 9.59 Å². The largest absolute Gasteiger partial charge is 0.480 e. The molecule has 0 saturated heterocycles. The summed E-state index contributed by atoms with van der Waals surface area (Å²) in [5.41, 5.74) is 0.521. The second kappa shape index (κ2) is 6.40. The molecule has 2 rings (SSSR count). The van der Waals surface area contributed by atoms with Crippen molar-refractivity contribution in [2.24, 2.45) is 0 Å². The predicted octanol–water partition coefficient (Wildman–Crippen LogP) is 1.76. The predicted molar refractivity (Wildman–Crippen MR) is 73.5 cm³/mol. The van der Waals surface area contributed by atoms with Gasteiger partial charge in [0.25, 0.3) is 0 Å². The molecule has 0 bridgehead atoms. The van der Waals surface area contributed by atoms with Crippen LogP contribution < -0.4 is 5.32 Å². The molecule has 1 fully saturated rings. The van der Waals surface area contributed by atoms with Crippen molar-refractivity contribution >= 4 is 17.7 Å². The summed E-state index contributed by atoms with van der Waals surface area (Å²) in [6, 6.07) is 0.170. The van der Waals surface area contributed by atoms with Crippen LogP contribution in [0.2, 0.25) is 0 Å². The third-order valence-corrected chi connectivity index (χ3v) is 3.55. The first-order valence-electron chi connectivity index (χ1n) is 6.92. The highest BCUT2D eigenvalue weighted by Gasteiger charge is 2.25. The maximum absolute atomic E-state index is 12.2. The molecule has 1 aliphatic rings. The molecule has 1 aromatic rings. The van der Waals surface area contributed by atoms with Gasteiger partial charge >= 0.3 is 12.0 Å². The maximum Gasteiger partial charge on any atom is 0.325 e. The molecule has 1 aromatic heterocycles. The van der Waals surface area contributed by atoms with Crippen molar-refractivity contribution in [1.29, 1.82) is 0 Å². The summed E-state index contributed by atoms with van der Waals surface area (Å²) in [6.45, 7) is 2.42. The fraction of sp³-hybridized carbons (Fsp3) is 0.615. The van der Waals surface area contributed by atoms with Gasteiger partial charge < -0.3 is 15.3 Å². The molecule has 0 radical (unpaired) electrons. The SMILES string of the molecule is CCN(C(=O)Nc1cnn(CC(=O)O)c1)C1CCCC1. The Morgan fingerprint density at radius 3 is 2.80 bits per heavy atom. The van der Waals surface area contributed by atoms with Crippen molar-refractivity contribution in [3.63, 3.8) is 0 Å². The Kier molecular flexibility index (Phi) is 4.60. The second-order valence-electron chi connectivity index (χ2n) is 4.97. The number of hydrogen-bond donors (Lipinski definition) is 2. The summed E-state index contributed by atoms with van der Waals surface area (Å²) in [5.74, 6) is -0.966. The Bertz CT molecular complexity index is 480. The molecule has 7 heteroatoms. The van der Waals surface area contributed by atoms with E-state index < -0.39 is 5.97 Å². The van der Waals surface area contributed by atoms with Crippen LogP contribution in [0.15, 0.2) is 12.4 Å². The van der Waals surface area contributed by atoms with Gasteiger partial charge in [0.1, 0.15) is 6.54 Å². The first-order valence-corrected chi connectivity index (χ1v) is 6.92. The number of carbonyl (C=O) groups is 2. The lowest BCUT2D eigenvalue weighted by Gasteiger charge is -2.27. The molecule has 0 aliphatic heterocycles. The van der Waals surface area contributed by atoms with Gasteiger partial charge in [-0.1, -0.05) is 12.8 Å². The zero-order chi connectivity index (χ0) is 14.5. The molecule has 110 valence electrons. The zero-order valence-corrected chi connectivity index (χ0v) is 11.6. The molecule has 0 aromatic carbocycles. The van der Waals surface area contributed by atoms with Gasteiger partial charge in [-0.25, -0.2) is 4.79 Å². The van der Waals surface area contributed by atoms with Crippen LogP contribution in [0.5, 0.6) is 0 Å². The smallest absolute Gasteiger partial charge is 0.325 e. The van der Waals surface area contributed by atoms with Gasteiger partial charge in [0.15, 0.2) is 0 Å². The molecule has 20 heavy (non-hydrogen) atoms. The molecule has 7 nitrogen and oxygen atoms in total. The summed E-state index contributed by atoms with van der Waals surface area (Å²) < 4.78 is 1.28. The number of carboxylic acids is 1. The average Bonchev–Trinajstić information content (AvgIpc) is 3.02. The summed E-state index contributed by atoms with van der Waals surface area (Å²) in [7, 11) is 0. The van der Waals surface area contributed by atoms with Gasteiger partial charge in [-0.15, -0.1) is 0 Å². The second-order valence-corrected chi connectivity index (χ2v) is 4.97. The summed E-state index contributed by atoms with van der Waals surface area (Å²) in [5, 5.41) is 15.3. The van der Waals surface area contributed by atoms with Gasteiger partial charge in [0, 0.05) is 18.8 Å². The van der Waals surface area contributed by atoms with Crippen LogP contribution in [0.1, 0.15) is 32.6 Å². The van der Waals surface area contributed by atoms with E-state index in [-0.39, 0.29) is 12.6 Å². The number of hydrogen-bond acceptors (Lipinski definition) is 3. The molecule has 2 amide bonds. The Morgan fingerprint density at radius 2 is 2.20 bits per heavy atom. The fourth-order valence-electron chi connectivity index (χ4n) is 2.63. The standard InChI is InChI=1S/C13H20N4O3/c1-2-17(11-5-3-4-6-11)13(20)15-10-7-14-16(8-10)9-12(18)19/h7-8,11H,2-6,9H2,1H3,(H,15,20)(H,18,19). The van der Waals surface area contributed by atoms with Crippen molar-refractivity contribution in [3.8, 4) is 0 Å². The van der Waals surface area contributed by atoms with E-state index in [0.717, 1.165) is 12.8 Å². The highest BCUT2D eigenvalue weighted by atomic mass is 16.4. The van der Waals surface area contributed by atoms with Crippen LogP contribution in [0.4, 0.5) is 10.5 Å². The summed E-state index contributed by atoms with van der Waals surface area (Å²) >= 11 is 0. The number of nitrogens with zero attached hydrogens (tertiary/aromatic N) is 3. The highest BCUT2D eigenvalue weighted by Crippen LogP contribution is 2.23. The third-order valence-electron chi connectivity index (χ3n) is 3.55. The number of carboxylic acid groups (broad SMARTS) is 1. The van der Waals surface area contributed by atoms with Gasteiger partial charge in [0.05, 0.1) is 11.9 Å². The van der Waals surface area contributed by atoms with E-state index in [2.05, 4.69) is 10.4 Å². The Morgan fingerprint density at radius 1 is 1.50 bits per heavy atom. The Hall–Kier alpha value is -2.05. The Labute approximate surface area is 117 Å². The van der Waals surface area contributed by atoms with Crippen LogP contribution >= 0.6 is 0 Å². The van der Waals surface area contributed by atoms with E-state index in [4.69, 9.17) is 5.11 Å². The highest BCUT2D eigenvalue weighted by molar-refractivity contribution is 5.89. The third kappa shape index (κ3) is 3.49. The van der Waals surface area contributed by atoms with E-state index in [1.807, 2.05) is 11.8 Å². The molecule has 0 atom stereocenters. The van der Waals surface area contributed by atoms with Gasteiger partial charge in [0.2, 0.25) is 0 Å². The molecule has 0 spiro atoms. The van der Waals surface area contributed by atoms with E-state index in [1.54, 1.807) is 0 Å². The minimum Gasteiger partial charge on any atom is -0.480 e. The first kappa shape index (κ1) is 14.4. The van der Waals surface area contributed by atoms with Crippen LogP contribution in [0.25, 0.3) is 0 Å². The van der Waals surface area contributed by atoms with Gasteiger partial charge in [-0.05, 0) is 19.8 Å². The lowest BCUT2D eigenvalue weighted by Crippen LogP contribution is -2.41. The summed E-state index contributed by atoms with van der Waals surface area (Å²) in [6.07, 6.45) is 7.44. The monoisotopic (exact) mass is 280 g/mol. The van der Waals surface area contributed by atoms with Gasteiger partial charge in [-0.2, -0.15) is 5.10 Å². The molecule has 1 aliphatic carbocycles. The topological polar surface area (TPSA) is 87.5 Å². The van der Waals surface area contributed by atoms with Gasteiger partial charge in [-0.3, -0.25) is 9.48 Å². The van der Waals surface area contributed by atoms with Crippen molar-refractivity contribution in [2.45, 2.75) is 45.2 Å².